The number of rotatable bonds is 7. The molecular weight excluding hydrogens is 290 g/mol. The highest BCUT2D eigenvalue weighted by atomic mass is 32.2. The summed E-state index contributed by atoms with van der Waals surface area (Å²) < 4.78 is 33.0. The quantitative estimate of drug-likeness (QED) is 0.756. The third-order valence-corrected chi connectivity index (χ3v) is 5.45. The normalized spacial score (nSPS) is 17.8. The Labute approximate surface area is 126 Å². The van der Waals surface area contributed by atoms with Crippen LogP contribution < -0.4 is 9.46 Å². The van der Waals surface area contributed by atoms with Crippen LogP contribution in [-0.2, 0) is 10.0 Å². The van der Waals surface area contributed by atoms with E-state index in [0.29, 0.717) is 18.8 Å². The van der Waals surface area contributed by atoms with E-state index >= 15 is 0 Å². The van der Waals surface area contributed by atoms with Gasteiger partial charge in [0.05, 0.1) is 11.5 Å². The first-order valence-corrected chi connectivity index (χ1v) is 8.81. The van der Waals surface area contributed by atoms with Crippen LogP contribution in [0.25, 0.3) is 0 Å². The summed E-state index contributed by atoms with van der Waals surface area (Å²) in [5, 5.41) is 8.69. The van der Waals surface area contributed by atoms with E-state index in [1.165, 1.54) is 0 Å². The number of hydrogen-bond donors (Lipinski definition) is 2. The minimum absolute atomic E-state index is 0.0783. The first-order valence-electron chi connectivity index (χ1n) is 7.33. The van der Waals surface area contributed by atoms with Crippen molar-refractivity contribution < 1.29 is 18.3 Å². The summed E-state index contributed by atoms with van der Waals surface area (Å²) in [4.78, 5) is 0.255. The van der Waals surface area contributed by atoms with E-state index in [-0.39, 0.29) is 17.0 Å². The fourth-order valence-corrected chi connectivity index (χ4v) is 4.08. The fraction of sp³-hybridized carbons (Fsp3) is 0.600. The highest BCUT2D eigenvalue weighted by Gasteiger charge is 2.33. The first kappa shape index (κ1) is 16.3. The zero-order valence-corrected chi connectivity index (χ0v) is 13.2. The molecule has 118 valence electrons. The number of sulfonamides is 1. The van der Waals surface area contributed by atoms with Gasteiger partial charge in [-0.3, -0.25) is 0 Å². The molecule has 1 aromatic rings. The molecule has 1 aliphatic rings. The molecule has 1 aliphatic carbocycles. The number of ether oxygens (including phenoxy) is 1. The molecule has 0 aliphatic heterocycles. The SMILES string of the molecule is CC1(NS(=O)(=O)c2ccc(OCCCO)cc2)CCCC1. The van der Waals surface area contributed by atoms with Crippen molar-refractivity contribution in [3.05, 3.63) is 24.3 Å². The minimum Gasteiger partial charge on any atom is -0.494 e. The third kappa shape index (κ3) is 4.43. The summed E-state index contributed by atoms with van der Waals surface area (Å²) in [6, 6.07) is 6.38. The Kier molecular flexibility index (Phi) is 5.24. The van der Waals surface area contributed by atoms with Crippen molar-refractivity contribution in [1.82, 2.24) is 4.72 Å². The molecule has 0 bridgehead atoms. The first-order chi connectivity index (χ1) is 9.95. The molecule has 1 fully saturated rings. The Balaban J connectivity index is 2.03. The van der Waals surface area contributed by atoms with Gasteiger partial charge in [0.1, 0.15) is 5.75 Å². The van der Waals surface area contributed by atoms with E-state index in [2.05, 4.69) is 4.72 Å². The maximum absolute atomic E-state index is 12.4. The van der Waals surface area contributed by atoms with Crippen LogP contribution in [0.2, 0.25) is 0 Å². The summed E-state index contributed by atoms with van der Waals surface area (Å²) in [6.45, 7) is 2.46. The van der Waals surface area contributed by atoms with Gasteiger partial charge in [0, 0.05) is 18.6 Å². The third-order valence-electron chi connectivity index (χ3n) is 3.79. The molecule has 2 rings (SSSR count). The lowest BCUT2D eigenvalue weighted by molar-refractivity contribution is 0.233. The molecule has 0 saturated heterocycles. The Bertz CT molecular complexity index is 548. The van der Waals surface area contributed by atoms with Gasteiger partial charge in [-0.1, -0.05) is 12.8 Å². The average molecular weight is 313 g/mol. The Morgan fingerprint density at radius 2 is 1.86 bits per heavy atom. The smallest absolute Gasteiger partial charge is 0.241 e. The number of hydrogen-bond acceptors (Lipinski definition) is 4. The average Bonchev–Trinajstić information content (AvgIpc) is 2.85. The topological polar surface area (TPSA) is 75.6 Å². The second-order valence-corrected chi connectivity index (χ2v) is 7.45. The molecule has 21 heavy (non-hydrogen) atoms. The van der Waals surface area contributed by atoms with Gasteiger partial charge >= 0.3 is 0 Å². The molecule has 1 saturated carbocycles. The molecule has 0 radical (unpaired) electrons. The molecule has 0 amide bonds. The molecule has 0 aromatic heterocycles. The monoisotopic (exact) mass is 313 g/mol. The molecule has 5 nitrogen and oxygen atoms in total. The predicted octanol–water partition coefficient (Wildman–Crippen LogP) is 2.06. The zero-order chi connectivity index (χ0) is 15.3. The molecular formula is C15H23NO4S. The summed E-state index contributed by atoms with van der Waals surface area (Å²) >= 11 is 0. The number of aliphatic hydroxyl groups is 1. The Morgan fingerprint density at radius 3 is 2.43 bits per heavy atom. The lowest BCUT2D eigenvalue weighted by Crippen LogP contribution is -2.43. The van der Waals surface area contributed by atoms with E-state index < -0.39 is 10.0 Å². The Hall–Kier alpha value is -1.11. The second-order valence-electron chi connectivity index (χ2n) is 5.77. The van der Waals surface area contributed by atoms with E-state index in [1.807, 2.05) is 6.92 Å². The largest absolute Gasteiger partial charge is 0.494 e. The standard InChI is InChI=1S/C15H23NO4S/c1-15(9-2-3-10-15)16-21(18,19)14-7-5-13(6-8-14)20-12-4-11-17/h5-8,16-17H,2-4,9-12H2,1H3. The van der Waals surface area contributed by atoms with Crippen LogP contribution in [0.1, 0.15) is 39.0 Å². The predicted molar refractivity (Wildman–Crippen MR) is 80.8 cm³/mol. The summed E-state index contributed by atoms with van der Waals surface area (Å²) in [6.07, 6.45) is 4.45. The highest BCUT2D eigenvalue weighted by molar-refractivity contribution is 7.89. The van der Waals surface area contributed by atoms with Crippen LogP contribution in [0.15, 0.2) is 29.2 Å². The van der Waals surface area contributed by atoms with Crippen LogP contribution in [0, 0.1) is 0 Å². The van der Waals surface area contributed by atoms with Gasteiger partial charge in [-0.25, -0.2) is 13.1 Å². The zero-order valence-electron chi connectivity index (χ0n) is 12.3. The van der Waals surface area contributed by atoms with E-state index in [4.69, 9.17) is 9.84 Å². The van der Waals surface area contributed by atoms with Crippen molar-refractivity contribution in [2.24, 2.45) is 0 Å². The summed E-state index contributed by atoms with van der Waals surface area (Å²) in [5.74, 6) is 0.606. The van der Waals surface area contributed by atoms with E-state index in [9.17, 15) is 8.42 Å². The molecule has 6 heteroatoms. The summed E-state index contributed by atoms with van der Waals surface area (Å²) in [5.41, 5.74) is -0.324. The lowest BCUT2D eigenvalue weighted by Gasteiger charge is -2.24. The maximum atomic E-state index is 12.4. The van der Waals surface area contributed by atoms with E-state index in [1.54, 1.807) is 24.3 Å². The van der Waals surface area contributed by atoms with Crippen molar-refractivity contribution >= 4 is 10.0 Å². The second kappa shape index (κ2) is 6.77. The molecule has 0 unspecified atom stereocenters. The van der Waals surface area contributed by atoms with Gasteiger partial charge in [0.2, 0.25) is 10.0 Å². The van der Waals surface area contributed by atoms with Crippen molar-refractivity contribution in [3.8, 4) is 5.75 Å². The number of benzene rings is 1. The summed E-state index contributed by atoms with van der Waals surface area (Å²) in [7, 11) is -3.49. The maximum Gasteiger partial charge on any atom is 0.241 e. The number of nitrogens with one attached hydrogen (secondary N) is 1. The van der Waals surface area contributed by atoms with Crippen LogP contribution in [-0.4, -0.2) is 32.3 Å². The van der Waals surface area contributed by atoms with Crippen molar-refractivity contribution in [2.45, 2.75) is 49.5 Å². The lowest BCUT2D eigenvalue weighted by atomic mass is 10.0. The van der Waals surface area contributed by atoms with Gasteiger partial charge < -0.3 is 9.84 Å². The van der Waals surface area contributed by atoms with Crippen LogP contribution >= 0.6 is 0 Å². The van der Waals surface area contributed by atoms with Crippen molar-refractivity contribution in [1.29, 1.82) is 0 Å². The molecule has 0 spiro atoms. The Morgan fingerprint density at radius 1 is 1.24 bits per heavy atom. The minimum atomic E-state index is -3.49. The van der Waals surface area contributed by atoms with Gasteiger partial charge in [0.15, 0.2) is 0 Å². The molecule has 1 aromatic carbocycles. The van der Waals surface area contributed by atoms with Crippen LogP contribution in [0.3, 0.4) is 0 Å². The van der Waals surface area contributed by atoms with E-state index in [0.717, 1.165) is 25.7 Å². The van der Waals surface area contributed by atoms with Gasteiger partial charge in [0.25, 0.3) is 0 Å². The highest BCUT2D eigenvalue weighted by Crippen LogP contribution is 2.30. The fourth-order valence-electron chi connectivity index (χ4n) is 2.61. The van der Waals surface area contributed by atoms with Crippen molar-refractivity contribution in [3.63, 3.8) is 0 Å². The number of aliphatic hydroxyl groups excluding tert-OH is 1. The van der Waals surface area contributed by atoms with Gasteiger partial charge in [-0.05, 0) is 44.0 Å². The van der Waals surface area contributed by atoms with Crippen LogP contribution in [0.4, 0.5) is 0 Å². The molecule has 0 atom stereocenters. The molecule has 0 heterocycles. The van der Waals surface area contributed by atoms with Gasteiger partial charge in [-0.2, -0.15) is 0 Å². The molecule has 2 N–H and O–H groups in total. The van der Waals surface area contributed by atoms with Gasteiger partial charge in [-0.15, -0.1) is 0 Å². The van der Waals surface area contributed by atoms with Crippen LogP contribution in [0.5, 0.6) is 5.75 Å². The van der Waals surface area contributed by atoms with Crippen molar-refractivity contribution in [2.75, 3.05) is 13.2 Å².